The van der Waals surface area contributed by atoms with Crippen LogP contribution < -0.4 is 5.32 Å². The first-order valence-corrected chi connectivity index (χ1v) is 6.94. The van der Waals surface area contributed by atoms with Crippen LogP contribution in [0.3, 0.4) is 0 Å². The molecule has 0 spiro atoms. The molecule has 2 N–H and O–H groups in total. The smallest absolute Gasteiger partial charge is 0.223 e. The topological polar surface area (TPSA) is 70.7 Å². The number of hydrogen-bond donors (Lipinski definition) is 2. The van der Waals surface area contributed by atoms with Gasteiger partial charge in [0.25, 0.3) is 0 Å². The molecule has 1 unspecified atom stereocenters. The summed E-state index contributed by atoms with van der Waals surface area (Å²) in [5.74, 6) is 0.122. The van der Waals surface area contributed by atoms with E-state index in [4.69, 9.17) is 0 Å². The van der Waals surface area contributed by atoms with Crippen LogP contribution >= 0.6 is 0 Å². The van der Waals surface area contributed by atoms with Gasteiger partial charge in [-0.3, -0.25) is 4.79 Å². The summed E-state index contributed by atoms with van der Waals surface area (Å²) in [6.07, 6.45) is 2.36. The predicted octanol–water partition coefficient (Wildman–Crippen LogP) is 1.53. The van der Waals surface area contributed by atoms with Crippen molar-refractivity contribution in [1.82, 2.24) is 20.7 Å². The van der Waals surface area contributed by atoms with E-state index in [0.717, 1.165) is 29.8 Å². The molecule has 1 aliphatic carbocycles. The van der Waals surface area contributed by atoms with Crippen LogP contribution in [0.1, 0.15) is 28.9 Å². The van der Waals surface area contributed by atoms with Gasteiger partial charge in [-0.2, -0.15) is 15.4 Å². The van der Waals surface area contributed by atoms with E-state index in [1.54, 1.807) is 0 Å². The molecule has 0 radical (unpaired) electrons. The minimum Gasteiger partial charge on any atom is -0.352 e. The van der Waals surface area contributed by atoms with E-state index in [1.807, 2.05) is 12.1 Å². The van der Waals surface area contributed by atoms with Crippen molar-refractivity contribution < 1.29 is 4.79 Å². The Morgan fingerprint density at radius 2 is 2.05 bits per heavy atom. The number of aryl methyl sites for hydroxylation is 2. The summed E-state index contributed by atoms with van der Waals surface area (Å²) in [5, 5.41) is 13.8. The summed E-state index contributed by atoms with van der Waals surface area (Å²) in [6, 6.07) is 8.21. The van der Waals surface area contributed by atoms with Crippen molar-refractivity contribution in [1.29, 1.82) is 0 Å². The highest BCUT2D eigenvalue weighted by Gasteiger charge is 2.26. The number of fused-ring (bicyclic) bond motifs is 1. The van der Waals surface area contributed by atoms with Crippen LogP contribution in [0, 0.1) is 12.8 Å². The van der Waals surface area contributed by atoms with Gasteiger partial charge >= 0.3 is 0 Å². The van der Waals surface area contributed by atoms with Gasteiger partial charge in [-0.05, 0) is 25.3 Å². The molecule has 2 aromatic rings. The second-order valence-corrected chi connectivity index (χ2v) is 5.36. The number of benzene rings is 1. The molecule has 1 aromatic carbocycles. The number of hydrogen-bond acceptors (Lipinski definition) is 3. The molecule has 1 amide bonds. The van der Waals surface area contributed by atoms with Crippen LogP contribution in [0.15, 0.2) is 24.3 Å². The second-order valence-electron chi connectivity index (χ2n) is 5.36. The summed E-state index contributed by atoms with van der Waals surface area (Å²) in [4.78, 5) is 12.2. The van der Waals surface area contributed by atoms with Crippen molar-refractivity contribution in [3.8, 4) is 0 Å². The van der Waals surface area contributed by atoms with Gasteiger partial charge in [0.2, 0.25) is 5.91 Å². The van der Waals surface area contributed by atoms with Crippen LogP contribution in [0.25, 0.3) is 0 Å². The van der Waals surface area contributed by atoms with E-state index in [2.05, 4.69) is 39.8 Å². The molecule has 0 saturated carbocycles. The Labute approximate surface area is 117 Å². The third-order valence-electron chi connectivity index (χ3n) is 3.83. The summed E-state index contributed by atoms with van der Waals surface area (Å²) in [7, 11) is 0. The van der Waals surface area contributed by atoms with E-state index in [0.29, 0.717) is 13.0 Å². The SMILES string of the molecule is Cc1ccc(CNC(=O)C2CCc3n[nH]nc3C2)cc1. The normalized spacial score (nSPS) is 17.6. The van der Waals surface area contributed by atoms with Crippen molar-refractivity contribution in [3.05, 3.63) is 46.8 Å². The zero-order valence-corrected chi connectivity index (χ0v) is 11.5. The van der Waals surface area contributed by atoms with Crippen molar-refractivity contribution in [2.45, 2.75) is 32.7 Å². The molecule has 5 nitrogen and oxygen atoms in total. The Balaban J connectivity index is 1.56. The molecule has 0 saturated heterocycles. The van der Waals surface area contributed by atoms with E-state index in [1.165, 1.54) is 5.56 Å². The van der Waals surface area contributed by atoms with Gasteiger partial charge in [-0.1, -0.05) is 29.8 Å². The highest BCUT2D eigenvalue weighted by atomic mass is 16.1. The molecular formula is C15H18N4O. The van der Waals surface area contributed by atoms with E-state index >= 15 is 0 Å². The van der Waals surface area contributed by atoms with Gasteiger partial charge in [0.15, 0.2) is 0 Å². The minimum atomic E-state index is 0.0121. The predicted molar refractivity (Wildman–Crippen MR) is 74.9 cm³/mol. The van der Waals surface area contributed by atoms with Crippen LogP contribution in [-0.2, 0) is 24.2 Å². The first-order valence-electron chi connectivity index (χ1n) is 6.94. The molecule has 0 fully saturated rings. The Bertz CT molecular complexity index is 603. The van der Waals surface area contributed by atoms with Gasteiger partial charge < -0.3 is 5.32 Å². The van der Waals surface area contributed by atoms with Crippen molar-refractivity contribution in [3.63, 3.8) is 0 Å². The summed E-state index contributed by atoms with van der Waals surface area (Å²) < 4.78 is 0. The first-order chi connectivity index (χ1) is 9.72. The zero-order valence-electron chi connectivity index (χ0n) is 11.5. The molecule has 1 aromatic heterocycles. The van der Waals surface area contributed by atoms with Crippen LogP contribution in [0.4, 0.5) is 0 Å². The molecule has 0 aliphatic heterocycles. The lowest BCUT2D eigenvalue weighted by Crippen LogP contribution is -2.33. The largest absolute Gasteiger partial charge is 0.352 e. The molecular weight excluding hydrogens is 252 g/mol. The third kappa shape index (κ3) is 2.71. The molecule has 0 bridgehead atoms. The highest BCUT2D eigenvalue weighted by molar-refractivity contribution is 5.79. The number of amides is 1. The van der Waals surface area contributed by atoms with Gasteiger partial charge in [-0.25, -0.2) is 0 Å². The molecule has 1 aliphatic rings. The first kappa shape index (κ1) is 12.8. The fraction of sp³-hybridized carbons (Fsp3) is 0.400. The van der Waals surface area contributed by atoms with E-state index in [9.17, 15) is 4.79 Å². The average molecular weight is 270 g/mol. The highest BCUT2D eigenvalue weighted by Crippen LogP contribution is 2.22. The number of carbonyl (C=O) groups excluding carboxylic acids is 1. The number of aromatic nitrogens is 3. The van der Waals surface area contributed by atoms with Gasteiger partial charge in [0, 0.05) is 18.9 Å². The second kappa shape index (κ2) is 5.45. The monoisotopic (exact) mass is 270 g/mol. The molecule has 1 heterocycles. The van der Waals surface area contributed by atoms with Crippen LogP contribution in [0.5, 0.6) is 0 Å². The van der Waals surface area contributed by atoms with Crippen molar-refractivity contribution >= 4 is 5.91 Å². The molecule has 20 heavy (non-hydrogen) atoms. The minimum absolute atomic E-state index is 0.0121. The van der Waals surface area contributed by atoms with Crippen LogP contribution in [-0.4, -0.2) is 21.3 Å². The molecule has 104 valence electrons. The zero-order chi connectivity index (χ0) is 13.9. The third-order valence-corrected chi connectivity index (χ3v) is 3.83. The van der Waals surface area contributed by atoms with Gasteiger partial charge in [-0.15, -0.1) is 0 Å². The number of rotatable bonds is 3. The Kier molecular flexibility index (Phi) is 3.50. The van der Waals surface area contributed by atoms with Gasteiger partial charge in [0.05, 0.1) is 11.4 Å². The fourth-order valence-electron chi connectivity index (χ4n) is 2.55. The summed E-state index contributed by atoms with van der Waals surface area (Å²) in [6.45, 7) is 2.64. The van der Waals surface area contributed by atoms with Crippen molar-refractivity contribution in [2.24, 2.45) is 5.92 Å². The Morgan fingerprint density at radius 3 is 2.85 bits per heavy atom. The van der Waals surface area contributed by atoms with E-state index < -0.39 is 0 Å². The Morgan fingerprint density at radius 1 is 1.30 bits per heavy atom. The maximum Gasteiger partial charge on any atom is 0.223 e. The Hall–Kier alpha value is -2.17. The molecule has 5 heteroatoms. The van der Waals surface area contributed by atoms with Crippen LogP contribution in [0.2, 0.25) is 0 Å². The maximum absolute atomic E-state index is 12.2. The quantitative estimate of drug-likeness (QED) is 0.888. The fourth-order valence-corrected chi connectivity index (χ4v) is 2.55. The summed E-state index contributed by atoms with van der Waals surface area (Å²) in [5.41, 5.74) is 4.30. The number of carbonyl (C=O) groups is 1. The maximum atomic E-state index is 12.2. The number of nitrogens with one attached hydrogen (secondary N) is 2. The van der Waals surface area contributed by atoms with Gasteiger partial charge in [0.1, 0.15) is 0 Å². The molecule has 1 atom stereocenters. The number of nitrogens with zero attached hydrogens (tertiary/aromatic N) is 2. The van der Waals surface area contributed by atoms with E-state index in [-0.39, 0.29) is 11.8 Å². The number of H-pyrrole nitrogens is 1. The lowest BCUT2D eigenvalue weighted by molar-refractivity contribution is -0.125. The number of aromatic amines is 1. The van der Waals surface area contributed by atoms with Crippen molar-refractivity contribution in [2.75, 3.05) is 0 Å². The average Bonchev–Trinajstić information content (AvgIpc) is 2.93. The lowest BCUT2D eigenvalue weighted by Gasteiger charge is -2.19. The molecule has 3 rings (SSSR count). The summed E-state index contributed by atoms with van der Waals surface area (Å²) >= 11 is 0. The standard InChI is InChI=1S/C15H18N4O/c1-10-2-4-11(5-3-10)9-16-15(20)12-6-7-13-14(8-12)18-19-17-13/h2-5,12H,6-9H2,1H3,(H,16,20)(H,17,18,19). The lowest BCUT2D eigenvalue weighted by atomic mass is 9.89.